The third kappa shape index (κ3) is 2.31. The predicted molar refractivity (Wildman–Crippen MR) is 78.3 cm³/mol. The zero-order valence-electron chi connectivity index (χ0n) is 10.3. The number of H-pyrrole nitrogens is 2. The number of hydrogen-bond donors (Lipinski definition) is 3. The highest BCUT2D eigenvalue weighted by Crippen LogP contribution is 2.24. The summed E-state index contributed by atoms with van der Waals surface area (Å²) < 4.78 is 0. The van der Waals surface area contributed by atoms with E-state index in [2.05, 4.69) is 58.5 Å². The Labute approximate surface area is 110 Å². The molecule has 4 rings (SSSR count). The first-order chi connectivity index (χ1) is 9.34. The summed E-state index contributed by atoms with van der Waals surface area (Å²) in [4.78, 5) is 5.93. The normalized spacial score (nSPS) is 10.3. The van der Waals surface area contributed by atoms with E-state index in [1.54, 1.807) is 18.3 Å². The fourth-order valence-electron chi connectivity index (χ4n) is 2.12. The van der Waals surface area contributed by atoms with Crippen LogP contribution < -0.4 is 0 Å². The quantitative estimate of drug-likeness (QED) is 0.433. The van der Waals surface area contributed by atoms with Crippen molar-refractivity contribution in [2.45, 2.75) is 0 Å². The maximum Gasteiger partial charge on any atom is 0.188 e. The maximum atomic E-state index is 8.42. The molecule has 0 saturated carbocycles. The van der Waals surface area contributed by atoms with E-state index in [4.69, 9.17) is 5.11 Å². The smallest absolute Gasteiger partial charge is 0.188 e. The second-order valence-corrected chi connectivity index (χ2v) is 4.27. The topological polar surface area (TPSA) is 51.8 Å². The first-order valence-electron chi connectivity index (χ1n) is 6.12. The number of aromatic nitrogens is 2. The Kier molecular flexibility index (Phi) is 2.94. The van der Waals surface area contributed by atoms with Crippen LogP contribution >= 0.6 is 0 Å². The van der Waals surface area contributed by atoms with Crippen molar-refractivity contribution in [3.63, 3.8) is 0 Å². The molecule has 0 bridgehead atoms. The Hall–Kier alpha value is -2.68. The van der Waals surface area contributed by atoms with Crippen molar-refractivity contribution in [3.8, 4) is 5.88 Å². The van der Waals surface area contributed by atoms with Crippen molar-refractivity contribution in [2.24, 2.45) is 0 Å². The van der Waals surface area contributed by atoms with Crippen LogP contribution in [0.3, 0.4) is 0 Å². The van der Waals surface area contributed by atoms with Crippen molar-refractivity contribution < 1.29 is 5.11 Å². The predicted octanol–water partition coefficient (Wildman–Crippen LogP) is 4.04. The molecular weight excluding hydrogens is 236 g/mol. The standard InChI is InChI=1S/C12H9N.C4H5NO/c1-3-7-11-9(5-1)10-6-2-4-8-12(10)13-11;6-4-2-1-3-5-4/h1-8,13H;1-3,5-6H. The van der Waals surface area contributed by atoms with Gasteiger partial charge in [0, 0.05) is 28.0 Å². The first-order valence-corrected chi connectivity index (χ1v) is 6.12. The lowest BCUT2D eigenvalue weighted by Crippen LogP contribution is -1.62. The molecule has 94 valence electrons. The molecule has 4 aromatic rings. The van der Waals surface area contributed by atoms with Crippen molar-refractivity contribution >= 4 is 21.8 Å². The van der Waals surface area contributed by atoms with Gasteiger partial charge in [-0.3, -0.25) is 0 Å². The van der Waals surface area contributed by atoms with E-state index in [-0.39, 0.29) is 5.88 Å². The van der Waals surface area contributed by atoms with Gasteiger partial charge in [-0.2, -0.15) is 0 Å². The molecule has 3 heteroatoms. The lowest BCUT2D eigenvalue weighted by molar-refractivity contribution is 0.457. The van der Waals surface area contributed by atoms with Gasteiger partial charge in [-0.1, -0.05) is 36.4 Å². The Balaban J connectivity index is 0.000000155. The molecule has 0 aliphatic carbocycles. The second-order valence-electron chi connectivity index (χ2n) is 4.27. The number of benzene rings is 2. The van der Waals surface area contributed by atoms with Crippen LogP contribution in [-0.4, -0.2) is 15.1 Å². The molecule has 2 heterocycles. The van der Waals surface area contributed by atoms with E-state index in [0.717, 1.165) is 0 Å². The van der Waals surface area contributed by atoms with Crippen LogP contribution in [0.15, 0.2) is 66.9 Å². The molecule has 0 spiro atoms. The van der Waals surface area contributed by atoms with Crippen LogP contribution in [-0.2, 0) is 0 Å². The van der Waals surface area contributed by atoms with E-state index in [0.29, 0.717) is 0 Å². The van der Waals surface area contributed by atoms with Crippen LogP contribution in [0.2, 0.25) is 0 Å². The minimum Gasteiger partial charge on any atom is -0.495 e. The monoisotopic (exact) mass is 250 g/mol. The molecule has 19 heavy (non-hydrogen) atoms. The average molecular weight is 250 g/mol. The number of aromatic hydroxyl groups is 1. The molecule has 0 unspecified atom stereocenters. The lowest BCUT2D eigenvalue weighted by atomic mass is 10.2. The van der Waals surface area contributed by atoms with Crippen molar-refractivity contribution in [1.82, 2.24) is 9.97 Å². The zero-order chi connectivity index (χ0) is 13.1. The van der Waals surface area contributed by atoms with Gasteiger partial charge in [0.1, 0.15) is 0 Å². The molecule has 0 radical (unpaired) electrons. The van der Waals surface area contributed by atoms with Gasteiger partial charge in [0.05, 0.1) is 0 Å². The van der Waals surface area contributed by atoms with Gasteiger partial charge >= 0.3 is 0 Å². The van der Waals surface area contributed by atoms with Crippen LogP contribution in [0.25, 0.3) is 21.8 Å². The summed E-state index contributed by atoms with van der Waals surface area (Å²) in [6, 6.07) is 20.1. The number of hydrogen-bond acceptors (Lipinski definition) is 1. The molecule has 3 N–H and O–H groups in total. The molecule has 0 aliphatic heterocycles. The summed E-state index contributed by atoms with van der Waals surface area (Å²) in [7, 11) is 0. The van der Waals surface area contributed by atoms with E-state index < -0.39 is 0 Å². The van der Waals surface area contributed by atoms with E-state index >= 15 is 0 Å². The highest BCUT2D eigenvalue weighted by molar-refractivity contribution is 6.06. The summed E-state index contributed by atoms with van der Waals surface area (Å²) in [6.45, 7) is 0. The fraction of sp³-hybridized carbons (Fsp3) is 0. The van der Waals surface area contributed by atoms with E-state index in [1.807, 2.05) is 0 Å². The van der Waals surface area contributed by atoms with E-state index in [9.17, 15) is 0 Å². The highest BCUT2D eigenvalue weighted by atomic mass is 16.3. The Morgan fingerprint density at radius 3 is 1.68 bits per heavy atom. The number of para-hydroxylation sites is 2. The molecule has 3 nitrogen and oxygen atoms in total. The molecule has 2 aromatic heterocycles. The van der Waals surface area contributed by atoms with Gasteiger partial charge in [-0.05, 0) is 24.3 Å². The SMILES string of the molecule is Oc1ccc[nH]1.c1ccc2c(c1)[nH]c1ccccc12. The molecular formula is C16H14N2O. The Bertz CT molecular complexity index is 734. The largest absolute Gasteiger partial charge is 0.495 e. The van der Waals surface area contributed by atoms with Gasteiger partial charge in [-0.15, -0.1) is 0 Å². The summed E-state index contributed by atoms with van der Waals surface area (Å²) >= 11 is 0. The van der Waals surface area contributed by atoms with Gasteiger partial charge in [-0.25, -0.2) is 0 Å². The van der Waals surface area contributed by atoms with Gasteiger partial charge in [0.15, 0.2) is 5.88 Å². The van der Waals surface area contributed by atoms with Gasteiger partial charge in [0.2, 0.25) is 0 Å². The third-order valence-corrected chi connectivity index (χ3v) is 3.00. The maximum absolute atomic E-state index is 8.42. The molecule has 0 atom stereocenters. The lowest BCUT2D eigenvalue weighted by Gasteiger charge is -1.87. The second kappa shape index (κ2) is 4.90. The number of nitrogens with one attached hydrogen (secondary N) is 2. The first kappa shape index (κ1) is 11.4. The summed E-state index contributed by atoms with van der Waals surface area (Å²) in [5.41, 5.74) is 2.42. The Morgan fingerprint density at radius 2 is 1.26 bits per heavy atom. The van der Waals surface area contributed by atoms with Crippen LogP contribution in [0, 0.1) is 0 Å². The van der Waals surface area contributed by atoms with Crippen molar-refractivity contribution in [3.05, 3.63) is 66.9 Å². The summed E-state index contributed by atoms with van der Waals surface area (Å²) in [6.07, 6.45) is 1.66. The summed E-state index contributed by atoms with van der Waals surface area (Å²) in [5, 5.41) is 11.0. The van der Waals surface area contributed by atoms with Crippen LogP contribution in [0.4, 0.5) is 0 Å². The molecule has 0 amide bonds. The van der Waals surface area contributed by atoms with Crippen LogP contribution in [0.1, 0.15) is 0 Å². The van der Waals surface area contributed by atoms with Crippen molar-refractivity contribution in [2.75, 3.05) is 0 Å². The zero-order valence-corrected chi connectivity index (χ0v) is 10.3. The Morgan fingerprint density at radius 1 is 0.684 bits per heavy atom. The van der Waals surface area contributed by atoms with E-state index in [1.165, 1.54) is 21.8 Å². The molecule has 0 saturated heterocycles. The molecule has 0 aliphatic rings. The van der Waals surface area contributed by atoms with Gasteiger partial charge in [0.25, 0.3) is 0 Å². The average Bonchev–Trinajstić information content (AvgIpc) is 3.06. The number of aromatic amines is 2. The van der Waals surface area contributed by atoms with Crippen molar-refractivity contribution in [1.29, 1.82) is 0 Å². The number of rotatable bonds is 0. The minimum atomic E-state index is 0.218. The molecule has 0 fully saturated rings. The number of fused-ring (bicyclic) bond motifs is 3. The fourth-order valence-corrected chi connectivity index (χ4v) is 2.12. The highest BCUT2D eigenvalue weighted by Gasteiger charge is 2.00. The van der Waals surface area contributed by atoms with Crippen LogP contribution in [0.5, 0.6) is 5.88 Å². The van der Waals surface area contributed by atoms with Gasteiger partial charge < -0.3 is 15.1 Å². The third-order valence-electron chi connectivity index (χ3n) is 3.00. The minimum absolute atomic E-state index is 0.218. The summed E-state index contributed by atoms with van der Waals surface area (Å²) in [5.74, 6) is 0.218. The molecule has 2 aromatic carbocycles.